The lowest BCUT2D eigenvalue weighted by Gasteiger charge is -2.33. The van der Waals surface area contributed by atoms with Crippen LogP contribution in [0.4, 0.5) is 5.69 Å². The van der Waals surface area contributed by atoms with Crippen LogP contribution in [0.2, 0.25) is 0 Å². The fraction of sp³-hybridized carbons (Fsp3) is 0.308. The largest absolute Gasteiger partial charge is 0.478 e. The zero-order valence-electron chi connectivity index (χ0n) is 20.0. The Morgan fingerprint density at radius 1 is 1.06 bits per heavy atom. The second-order valence-electron chi connectivity index (χ2n) is 8.25. The van der Waals surface area contributed by atoms with Gasteiger partial charge in [-0.15, -0.1) is 0 Å². The van der Waals surface area contributed by atoms with Crippen molar-refractivity contribution >= 4 is 17.6 Å². The number of carbonyl (C=O) groups is 2. The number of benzene rings is 2. The quantitative estimate of drug-likeness (QED) is 0.307. The number of carboxylic acid groups (broad SMARTS) is 1. The molecule has 2 aromatic rings. The number of esters is 1. The van der Waals surface area contributed by atoms with E-state index in [2.05, 4.69) is 5.32 Å². The number of carbonyl (C=O) groups excluding carboxylic acids is 1. The van der Waals surface area contributed by atoms with Gasteiger partial charge in [0, 0.05) is 30.1 Å². The van der Waals surface area contributed by atoms with E-state index in [9.17, 15) is 24.8 Å². The van der Waals surface area contributed by atoms with E-state index >= 15 is 0 Å². The number of aliphatic carboxylic acids is 1. The summed E-state index contributed by atoms with van der Waals surface area (Å²) in [5.74, 6) is -3.27. The van der Waals surface area contributed by atoms with Crippen molar-refractivity contribution in [3.8, 4) is 0 Å². The predicted molar refractivity (Wildman–Crippen MR) is 128 cm³/mol. The van der Waals surface area contributed by atoms with Crippen LogP contribution in [0, 0.1) is 10.1 Å². The number of allylic oxidation sites excluding steroid dienone is 2. The van der Waals surface area contributed by atoms with Crippen molar-refractivity contribution in [2.45, 2.75) is 38.7 Å². The second-order valence-corrected chi connectivity index (χ2v) is 8.25. The Balaban J connectivity index is 2.06. The number of para-hydroxylation sites is 1. The molecule has 0 saturated heterocycles. The molecule has 0 saturated carbocycles. The second kappa shape index (κ2) is 10.5. The van der Waals surface area contributed by atoms with E-state index in [1.165, 1.54) is 25.3 Å². The first-order chi connectivity index (χ1) is 16.7. The van der Waals surface area contributed by atoms with Crippen LogP contribution in [-0.4, -0.2) is 35.7 Å². The van der Waals surface area contributed by atoms with Gasteiger partial charge < -0.3 is 19.9 Å². The number of hydrogen-bond acceptors (Lipinski definition) is 7. The maximum absolute atomic E-state index is 13.5. The topological polar surface area (TPSA) is 128 Å². The summed E-state index contributed by atoms with van der Waals surface area (Å²) in [6.07, 6.45) is 0.504. The highest BCUT2D eigenvalue weighted by Crippen LogP contribution is 2.42. The van der Waals surface area contributed by atoms with Crippen LogP contribution in [-0.2, 0) is 24.7 Å². The van der Waals surface area contributed by atoms with Gasteiger partial charge in [0.1, 0.15) is 12.2 Å². The Morgan fingerprint density at radius 2 is 1.66 bits per heavy atom. The normalized spacial score (nSPS) is 17.4. The number of ether oxygens (including phenoxy) is 2. The summed E-state index contributed by atoms with van der Waals surface area (Å²) in [4.78, 5) is 36.9. The number of nitro benzene ring substituents is 1. The van der Waals surface area contributed by atoms with Crippen molar-refractivity contribution < 1.29 is 29.1 Å². The smallest absolute Gasteiger partial charge is 0.336 e. The molecular formula is C26H28N2O7. The predicted octanol–water partition coefficient (Wildman–Crippen LogP) is 4.41. The molecule has 184 valence electrons. The standard InChI is InChI=1S/C26H28N2O7/c1-5-26(34-4,18-11-7-6-8-12-18)15-35-25(31)22-17(3)27-16(2)21(24(29)30)23(22)19-13-9-10-14-20(19)28(32)33/h6-14,23,27H,5,15H2,1-4H3,(H,29,30). The van der Waals surface area contributed by atoms with E-state index in [1.807, 2.05) is 37.3 Å². The Hall–Kier alpha value is -3.98. The minimum absolute atomic E-state index is 0.00327. The van der Waals surface area contributed by atoms with E-state index in [-0.39, 0.29) is 29.0 Å². The minimum atomic E-state index is -1.29. The molecular weight excluding hydrogens is 452 g/mol. The van der Waals surface area contributed by atoms with Gasteiger partial charge in [0.2, 0.25) is 0 Å². The summed E-state index contributed by atoms with van der Waals surface area (Å²) >= 11 is 0. The van der Waals surface area contributed by atoms with Crippen LogP contribution in [0.1, 0.15) is 44.2 Å². The maximum Gasteiger partial charge on any atom is 0.336 e. The molecule has 2 aromatic carbocycles. The number of nitrogens with one attached hydrogen (secondary N) is 1. The van der Waals surface area contributed by atoms with Gasteiger partial charge in [0.25, 0.3) is 5.69 Å². The first-order valence-electron chi connectivity index (χ1n) is 11.1. The zero-order valence-corrected chi connectivity index (χ0v) is 20.0. The number of nitro groups is 1. The van der Waals surface area contributed by atoms with Crippen molar-refractivity contribution in [3.63, 3.8) is 0 Å². The lowest BCUT2D eigenvalue weighted by atomic mass is 9.79. The van der Waals surface area contributed by atoms with Gasteiger partial charge in [-0.25, -0.2) is 9.59 Å². The van der Waals surface area contributed by atoms with Crippen molar-refractivity contribution in [3.05, 3.63) is 98.4 Å². The summed E-state index contributed by atoms with van der Waals surface area (Å²) in [5, 5.41) is 24.7. The Morgan fingerprint density at radius 3 is 2.23 bits per heavy atom. The van der Waals surface area contributed by atoms with E-state index in [0.717, 1.165) is 5.56 Å². The molecule has 0 fully saturated rings. The molecule has 9 nitrogen and oxygen atoms in total. The van der Waals surface area contributed by atoms with Gasteiger partial charge in [-0.05, 0) is 25.8 Å². The summed E-state index contributed by atoms with van der Waals surface area (Å²) in [6.45, 7) is 4.94. The number of nitrogens with zero attached hydrogens (tertiary/aromatic N) is 1. The molecule has 0 amide bonds. The third kappa shape index (κ3) is 4.95. The minimum Gasteiger partial charge on any atom is -0.478 e. The van der Waals surface area contributed by atoms with Crippen molar-refractivity contribution in [2.24, 2.45) is 0 Å². The fourth-order valence-corrected chi connectivity index (χ4v) is 4.47. The molecule has 9 heteroatoms. The van der Waals surface area contributed by atoms with E-state index in [4.69, 9.17) is 9.47 Å². The van der Waals surface area contributed by atoms with Crippen LogP contribution in [0.3, 0.4) is 0 Å². The highest BCUT2D eigenvalue weighted by molar-refractivity contribution is 5.99. The Bertz CT molecular complexity index is 1200. The molecule has 2 atom stereocenters. The molecule has 2 unspecified atom stereocenters. The average molecular weight is 481 g/mol. The third-order valence-corrected chi connectivity index (χ3v) is 6.35. The van der Waals surface area contributed by atoms with Crippen LogP contribution in [0.5, 0.6) is 0 Å². The highest BCUT2D eigenvalue weighted by Gasteiger charge is 2.41. The van der Waals surface area contributed by atoms with E-state index < -0.39 is 28.4 Å². The first kappa shape index (κ1) is 25.6. The van der Waals surface area contributed by atoms with Crippen LogP contribution >= 0.6 is 0 Å². The first-order valence-corrected chi connectivity index (χ1v) is 11.1. The van der Waals surface area contributed by atoms with Gasteiger partial charge in [-0.2, -0.15) is 0 Å². The van der Waals surface area contributed by atoms with Crippen molar-refractivity contribution in [1.82, 2.24) is 5.32 Å². The zero-order chi connectivity index (χ0) is 25.8. The number of rotatable bonds is 9. The highest BCUT2D eigenvalue weighted by atomic mass is 16.6. The molecule has 1 aliphatic heterocycles. The Kier molecular flexibility index (Phi) is 7.71. The number of hydrogen-bond donors (Lipinski definition) is 2. The van der Waals surface area contributed by atoms with Gasteiger partial charge >= 0.3 is 11.9 Å². The summed E-state index contributed by atoms with van der Waals surface area (Å²) in [5.41, 5.74) is 0.209. The monoisotopic (exact) mass is 480 g/mol. The van der Waals surface area contributed by atoms with Crippen LogP contribution in [0.25, 0.3) is 0 Å². The lowest BCUT2D eigenvalue weighted by molar-refractivity contribution is -0.385. The van der Waals surface area contributed by atoms with E-state index in [1.54, 1.807) is 19.9 Å². The number of dihydropyridines is 1. The van der Waals surface area contributed by atoms with Gasteiger partial charge in [-0.3, -0.25) is 10.1 Å². The third-order valence-electron chi connectivity index (χ3n) is 6.35. The maximum atomic E-state index is 13.5. The molecule has 2 N–H and O–H groups in total. The fourth-order valence-electron chi connectivity index (χ4n) is 4.47. The van der Waals surface area contributed by atoms with Crippen LogP contribution in [0.15, 0.2) is 77.1 Å². The molecule has 0 aliphatic carbocycles. The van der Waals surface area contributed by atoms with Gasteiger partial charge in [0.15, 0.2) is 0 Å². The number of carboxylic acids is 1. The summed E-state index contributed by atoms with van der Waals surface area (Å²) in [6, 6.07) is 15.1. The molecule has 0 spiro atoms. The molecule has 35 heavy (non-hydrogen) atoms. The molecule has 0 aromatic heterocycles. The van der Waals surface area contributed by atoms with Crippen LogP contribution < -0.4 is 5.32 Å². The molecule has 1 aliphatic rings. The average Bonchev–Trinajstić information content (AvgIpc) is 2.84. The summed E-state index contributed by atoms with van der Waals surface area (Å²) < 4.78 is 11.5. The van der Waals surface area contributed by atoms with Gasteiger partial charge in [-0.1, -0.05) is 55.5 Å². The van der Waals surface area contributed by atoms with Gasteiger partial charge in [0.05, 0.1) is 22.0 Å². The molecule has 1 heterocycles. The lowest BCUT2D eigenvalue weighted by Crippen LogP contribution is -2.37. The van der Waals surface area contributed by atoms with Crippen molar-refractivity contribution in [1.29, 1.82) is 0 Å². The van der Waals surface area contributed by atoms with E-state index in [0.29, 0.717) is 17.8 Å². The summed E-state index contributed by atoms with van der Waals surface area (Å²) in [7, 11) is 1.53. The Labute approximate surface area is 203 Å². The molecule has 0 radical (unpaired) electrons. The molecule has 3 rings (SSSR count). The SMILES string of the molecule is CCC(COC(=O)C1=C(C)NC(C)=C(C(=O)O)C1c1ccccc1[N+](=O)[O-])(OC)c1ccccc1. The number of methoxy groups -OCH3 is 1. The van der Waals surface area contributed by atoms with Crippen molar-refractivity contribution in [2.75, 3.05) is 13.7 Å². The molecule has 0 bridgehead atoms.